The second-order valence-corrected chi connectivity index (χ2v) is 11.0. The molecule has 42 heavy (non-hydrogen) atoms. The van der Waals surface area contributed by atoms with Gasteiger partial charge in [0.1, 0.15) is 30.0 Å². The molecule has 1 aliphatic carbocycles. The first-order chi connectivity index (χ1) is 19.9. The van der Waals surface area contributed by atoms with Gasteiger partial charge in [0.15, 0.2) is 0 Å². The summed E-state index contributed by atoms with van der Waals surface area (Å²) in [5, 5.41) is 0.415. The fourth-order valence-electron chi connectivity index (χ4n) is 4.99. The monoisotopic (exact) mass is 620 g/mol. The van der Waals surface area contributed by atoms with Gasteiger partial charge in [-0.3, -0.25) is 9.36 Å². The SMILES string of the molecule is C[C@@H](OC1C=C(n2cnc3ccc(OC(F)(F)F)cc32)C=C(C(N)=O)C1=S)c1cccc(OC2CCN(C)CC2)c1Cl. The zero-order chi connectivity index (χ0) is 30.2. The molecule has 2 N–H and O–H groups in total. The Balaban J connectivity index is 1.43. The molecule has 0 radical (unpaired) electrons. The van der Waals surface area contributed by atoms with E-state index in [0.717, 1.165) is 25.9 Å². The number of ether oxygens (including phenoxy) is 3. The largest absolute Gasteiger partial charge is 0.573 e. The van der Waals surface area contributed by atoms with Gasteiger partial charge in [-0.05, 0) is 57.2 Å². The summed E-state index contributed by atoms with van der Waals surface area (Å²) in [5.41, 5.74) is 7.44. The predicted octanol–water partition coefficient (Wildman–Crippen LogP) is 5.84. The normalized spacial score (nSPS) is 19.4. The van der Waals surface area contributed by atoms with Crippen molar-refractivity contribution in [1.29, 1.82) is 0 Å². The number of fused-ring (bicyclic) bond motifs is 1. The van der Waals surface area contributed by atoms with Crippen LogP contribution in [-0.2, 0) is 9.53 Å². The molecule has 2 aliphatic rings. The number of carbonyl (C=O) groups is 1. The van der Waals surface area contributed by atoms with E-state index >= 15 is 0 Å². The van der Waals surface area contributed by atoms with Crippen LogP contribution in [0.2, 0.25) is 5.02 Å². The molecule has 1 unspecified atom stereocenters. The highest BCUT2D eigenvalue weighted by Crippen LogP contribution is 2.37. The summed E-state index contributed by atoms with van der Waals surface area (Å²) < 4.78 is 56.6. The second kappa shape index (κ2) is 12.0. The van der Waals surface area contributed by atoms with E-state index in [9.17, 15) is 18.0 Å². The number of halogens is 4. The molecule has 0 spiro atoms. The van der Waals surface area contributed by atoms with Gasteiger partial charge in [-0.15, -0.1) is 13.2 Å². The lowest BCUT2D eigenvalue weighted by Crippen LogP contribution is -2.35. The Morgan fingerprint density at radius 2 is 1.95 bits per heavy atom. The quantitative estimate of drug-likeness (QED) is 0.316. The number of allylic oxidation sites excluding steroid dienone is 2. The van der Waals surface area contributed by atoms with Crippen LogP contribution >= 0.6 is 23.8 Å². The van der Waals surface area contributed by atoms with Gasteiger partial charge in [0, 0.05) is 30.4 Å². The summed E-state index contributed by atoms with van der Waals surface area (Å²) >= 11 is 12.3. The number of hydrogen-bond donors (Lipinski definition) is 1. The number of carbonyl (C=O) groups excluding carboxylic acids is 1. The van der Waals surface area contributed by atoms with E-state index in [-0.39, 0.29) is 16.5 Å². The fourth-order valence-corrected chi connectivity index (χ4v) is 5.60. The number of benzene rings is 2. The topological polar surface area (TPSA) is 91.8 Å². The molecule has 1 saturated heterocycles. The summed E-state index contributed by atoms with van der Waals surface area (Å²) in [6, 6.07) is 9.24. The van der Waals surface area contributed by atoms with Crippen molar-refractivity contribution in [3.8, 4) is 11.5 Å². The van der Waals surface area contributed by atoms with E-state index in [0.29, 0.717) is 33.1 Å². The molecule has 13 heteroatoms. The maximum atomic E-state index is 12.8. The molecule has 222 valence electrons. The number of amides is 1. The van der Waals surface area contributed by atoms with Gasteiger partial charge < -0.3 is 24.8 Å². The summed E-state index contributed by atoms with van der Waals surface area (Å²) in [5.74, 6) is -0.633. The maximum Gasteiger partial charge on any atom is 0.573 e. The third kappa shape index (κ3) is 6.62. The van der Waals surface area contributed by atoms with Gasteiger partial charge in [-0.25, -0.2) is 4.98 Å². The minimum Gasteiger partial charge on any atom is -0.489 e. The van der Waals surface area contributed by atoms with Crippen LogP contribution in [0.1, 0.15) is 31.4 Å². The number of alkyl halides is 3. The van der Waals surface area contributed by atoms with E-state index in [1.165, 1.54) is 35.2 Å². The van der Waals surface area contributed by atoms with Crippen molar-refractivity contribution < 1.29 is 32.2 Å². The Morgan fingerprint density at radius 3 is 2.64 bits per heavy atom. The molecule has 1 amide bonds. The van der Waals surface area contributed by atoms with Crippen LogP contribution < -0.4 is 15.2 Å². The van der Waals surface area contributed by atoms with E-state index in [4.69, 9.17) is 39.0 Å². The minimum atomic E-state index is -4.86. The molecule has 2 heterocycles. The van der Waals surface area contributed by atoms with Gasteiger partial charge in [-0.2, -0.15) is 0 Å². The number of hydrogen-bond acceptors (Lipinski definition) is 7. The number of piperidine rings is 1. The molecule has 1 aliphatic heterocycles. The fraction of sp³-hybridized carbons (Fsp3) is 0.345. The number of imidazole rings is 1. The summed E-state index contributed by atoms with van der Waals surface area (Å²) in [6.07, 6.45) is 0.0172. The third-order valence-corrected chi connectivity index (χ3v) is 8.03. The van der Waals surface area contributed by atoms with Crippen molar-refractivity contribution in [1.82, 2.24) is 14.5 Å². The van der Waals surface area contributed by atoms with Crippen molar-refractivity contribution in [2.24, 2.45) is 5.73 Å². The third-order valence-electron chi connectivity index (χ3n) is 7.18. The number of primary amides is 1. The second-order valence-electron chi connectivity index (χ2n) is 10.2. The maximum absolute atomic E-state index is 12.8. The zero-order valence-electron chi connectivity index (χ0n) is 22.7. The number of likely N-dealkylation sites (tertiary alicyclic amines) is 1. The molecule has 5 rings (SSSR count). The van der Waals surface area contributed by atoms with E-state index in [2.05, 4.69) is 21.7 Å². The van der Waals surface area contributed by atoms with Gasteiger partial charge >= 0.3 is 6.36 Å². The zero-order valence-corrected chi connectivity index (χ0v) is 24.3. The van der Waals surface area contributed by atoms with E-state index in [1.54, 1.807) is 13.0 Å². The number of aromatic nitrogens is 2. The average Bonchev–Trinajstić information content (AvgIpc) is 3.34. The molecule has 2 aromatic carbocycles. The number of nitrogens with two attached hydrogens (primary N) is 1. The van der Waals surface area contributed by atoms with Crippen molar-refractivity contribution in [3.63, 3.8) is 0 Å². The van der Waals surface area contributed by atoms with Gasteiger partial charge in [0.25, 0.3) is 0 Å². The molecule has 3 aromatic rings. The van der Waals surface area contributed by atoms with Crippen LogP contribution in [0.15, 0.2) is 60.5 Å². The van der Waals surface area contributed by atoms with Crippen LogP contribution in [0.5, 0.6) is 11.5 Å². The molecular formula is C29H28ClF3N4O4S. The number of rotatable bonds is 8. The molecular weight excluding hydrogens is 593 g/mol. The highest BCUT2D eigenvalue weighted by Gasteiger charge is 2.32. The summed E-state index contributed by atoms with van der Waals surface area (Å²) in [6.45, 7) is 3.67. The van der Waals surface area contributed by atoms with Crippen molar-refractivity contribution >= 4 is 51.3 Å². The van der Waals surface area contributed by atoms with Crippen LogP contribution in [-0.4, -0.2) is 63.9 Å². The minimum absolute atomic E-state index is 0.0368. The molecule has 0 bridgehead atoms. The first-order valence-electron chi connectivity index (χ1n) is 13.2. The Kier molecular flexibility index (Phi) is 8.61. The summed E-state index contributed by atoms with van der Waals surface area (Å²) in [7, 11) is 2.08. The lowest BCUT2D eigenvalue weighted by atomic mass is 9.98. The van der Waals surface area contributed by atoms with Crippen LogP contribution in [0.3, 0.4) is 0 Å². The first-order valence-corrected chi connectivity index (χ1v) is 14.0. The molecule has 1 fully saturated rings. The van der Waals surface area contributed by atoms with Crippen LogP contribution in [0, 0.1) is 0 Å². The number of nitrogens with zero attached hydrogens (tertiary/aromatic N) is 3. The molecule has 2 atom stereocenters. The summed E-state index contributed by atoms with van der Waals surface area (Å²) in [4.78, 5) is 19.0. The van der Waals surface area contributed by atoms with Crippen molar-refractivity contribution in [3.05, 3.63) is 71.0 Å². The molecule has 0 saturated carbocycles. The highest BCUT2D eigenvalue weighted by atomic mass is 35.5. The first kappa shape index (κ1) is 30.0. The predicted molar refractivity (Wildman–Crippen MR) is 156 cm³/mol. The van der Waals surface area contributed by atoms with Crippen LogP contribution in [0.4, 0.5) is 13.2 Å². The van der Waals surface area contributed by atoms with E-state index in [1.807, 2.05) is 18.2 Å². The number of thiocarbonyl (C=S) groups is 1. The average molecular weight is 621 g/mol. The van der Waals surface area contributed by atoms with Gasteiger partial charge in [0.05, 0.1) is 32.6 Å². The van der Waals surface area contributed by atoms with Crippen molar-refractivity contribution in [2.45, 2.75) is 44.4 Å². The Labute approximate surface area is 250 Å². The highest BCUT2D eigenvalue weighted by molar-refractivity contribution is 7.81. The van der Waals surface area contributed by atoms with Crippen LogP contribution in [0.25, 0.3) is 16.7 Å². The van der Waals surface area contributed by atoms with Gasteiger partial charge in [0.2, 0.25) is 5.91 Å². The van der Waals surface area contributed by atoms with Crippen molar-refractivity contribution in [2.75, 3.05) is 20.1 Å². The standard InChI is InChI=1S/C29H28ClF3N4O4S/c1-16(20-4-3-5-24(26(20)30)40-18-8-10-36(2)11-9-18)39-25-13-17(12-21(27(25)42)28(34)38)37-15-35-22-7-6-19(14-23(22)37)41-29(31,32)33/h3-7,12-16,18,25H,8-11H2,1-2H3,(H2,34,38)/t16-,25?/m1/s1. The van der Waals surface area contributed by atoms with Gasteiger partial charge in [-0.1, -0.05) is 36.0 Å². The molecule has 8 nitrogen and oxygen atoms in total. The Bertz CT molecular complexity index is 1580. The Morgan fingerprint density at radius 1 is 1.21 bits per heavy atom. The molecule has 1 aromatic heterocycles. The Hall–Kier alpha value is -3.45. The smallest absolute Gasteiger partial charge is 0.489 e. The lowest BCUT2D eigenvalue weighted by Gasteiger charge is -2.30. The lowest BCUT2D eigenvalue weighted by molar-refractivity contribution is -0.274. The van der Waals surface area contributed by atoms with E-state index < -0.39 is 30.2 Å².